The maximum Gasteiger partial charge on any atom is -0.00367 e. The summed E-state index contributed by atoms with van der Waals surface area (Å²) in [7, 11) is 0. The zero-order chi connectivity index (χ0) is 10.6. The summed E-state index contributed by atoms with van der Waals surface area (Å²) in [5, 5.41) is 0. The van der Waals surface area contributed by atoms with Crippen molar-refractivity contribution in [3.63, 3.8) is 0 Å². The second kappa shape index (κ2) is 5.16. The topological polar surface area (TPSA) is 26.0 Å². The summed E-state index contributed by atoms with van der Waals surface area (Å²) in [5.41, 5.74) is 8.28. The molecule has 1 atom stereocenters. The van der Waals surface area contributed by atoms with Gasteiger partial charge in [-0.1, -0.05) is 45.0 Å². The van der Waals surface area contributed by atoms with E-state index >= 15 is 0 Å². The summed E-state index contributed by atoms with van der Waals surface area (Å²) in [5.74, 6) is 1.34. The average molecular weight is 191 g/mol. The van der Waals surface area contributed by atoms with E-state index in [9.17, 15) is 0 Å². The number of hydrogen-bond acceptors (Lipinski definition) is 1. The highest BCUT2D eigenvalue weighted by Gasteiger charge is 2.08. The Labute approximate surface area is 87.3 Å². The van der Waals surface area contributed by atoms with Gasteiger partial charge >= 0.3 is 0 Å². The molecule has 0 aliphatic rings. The molecule has 1 aromatic carbocycles. The highest BCUT2D eigenvalue weighted by atomic mass is 14.5. The highest BCUT2D eigenvalue weighted by molar-refractivity contribution is 5.25. The van der Waals surface area contributed by atoms with Gasteiger partial charge in [0, 0.05) is 0 Å². The Morgan fingerprint density at radius 3 is 2.07 bits per heavy atom. The molecule has 0 bridgehead atoms. The maximum atomic E-state index is 5.51. The lowest BCUT2D eigenvalue weighted by Gasteiger charge is -2.16. The van der Waals surface area contributed by atoms with Crippen LogP contribution in [0, 0.1) is 5.92 Å². The second-order valence-electron chi connectivity index (χ2n) is 4.31. The van der Waals surface area contributed by atoms with E-state index in [1.165, 1.54) is 11.1 Å². The van der Waals surface area contributed by atoms with Crippen molar-refractivity contribution in [2.24, 2.45) is 11.7 Å². The van der Waals surface area contributed by atoms with Crippen molar-refractivity contribution in [2.45, 2.75) is 33.1 Å². The minimum atomic E-state index is 0.641. The second-order valence-corrected chi connectivity index (χ2v) is 4.31. The average Bonchev–Trinajstić information content (AvgIpc) is 2.18. The lowest BCUT2D eigenvalue weighted by molar-refractivity contribution is 0.535. The van der Waals surface area contributed by atoms with Crippen LogP contribution in [0.5, 0.6) is 0 Å². The van der Waals surface area contributed by atoms with Gasteiger partial charge in [0.15, 0.2) is 0 Å². The summed E-state index contributed by atoms with van der Waals surface area (Å²) in [6.45, 7) is 7.54. The number of hydrogen-bond donors (Lipinski definition) is 1. The molecule has 0 saturated carbocycles. The smallest absolute Gasteiger partial charge is 0.00367 e. The molecule has 2 N–H and O–H groups in total. The molecule has 1 rings (SSSR count). The van der Waals surface area contributed by atoms with E-state index in [1.807, 2.05) is 0 Å². The van der Waals surface area contributed by atoms with Crippen molar-refractivity contribution < 1.29 is 0 Å². The van der Waals surface area contributed by atoms with Crippen LogP contribution in [0.4, 0.5) is 0 Å². The summed E-state index contributed by atoms with van der Waals surface area (Å²) in [6.07, 6.45) is 0.982. The number of nitrogens with two attached hydrogens (primary N) is 1. The Bertz CT molecular complexity index is 261. The maximum absolute atomic E-state index is 5.51. The van der Waals surface area contributed by atoms with Gasteiger partial charge in [0.05, 0.1) is 0 Å². The van der Waals surface area contributed by atoms with Gasteiger partial charge in [-0.2, -0.15) is 0 Å². The molecule has 0 aliphatic carbocycles. The minimum absolute atomic E-state index is 0.641. The van der Waals surface area contributed by atoms with Crippen LogP contribution < -0.4 is 5.73 Å². The fourth-order valence-electron chi connectivity index (χ4n) is 1.54. The minimum Gasteiger partial charge on any atom is -0.330 e. The quantitative estimate of drug-likeness (QED) is 0.778. The summed E-state index contributed by atoms with van der Waals surface area (Å²) in [6, 6.07) is 8.85. The molecule has 14 heavy (non-hydrogen) atoms. The van der Waals surface area contributed by atoms with E-state index in [4.69, 9.17) is 5.73 Å². The predicted octanol–water partition coefficient (Wildman–Crippen LogP) is 2.95. The first-order chi connectivity index (χ1) is 6.65. The molecule has 1 heteroatoms. The van der Waals surface area contributed by atoms with Gasteiger partial charge in [0.1, 0.15) is 0 Å². The molecule has 0 fully saturated rings. The molecule has 0 spiro atoms. The van der Waals surface area contributed by atoms with Gasteiger partial charge in [0.25, 0.3) is 0 Å². The fourth-order valence-corrected chi connectivity index (χ4v) is 1.54. The largest absolute Gasteiger partial charge is 0.330 e. The summed E-state index contributed by atoms with van der Waals surface area (Å²) in [4.78, 5) is 0. The molecule has 0 heterocycles. The van der Waals surface area contributed by atoms with Crippen LogP contribution in [0.25, 0.3) is 0 Å². The lowest BCUT2D eigenvalue weighted by Crippen LogP contribution is -2.04. The normalized spacial score (nSPS) is 13.2. The number of rotatable bonds is 4. The first-order valence-corrected chi connectivity index (χ1v) is 5.44. The molecule has 1 nitrogen and oxygen atoms in total. The van der Waals surface area contributed by atoms with Crippen LogP contribution in [0.3, 0.4) is 0 Å². The third-order valence-corrected chi connectivity index (χ3v) is 2.94. The van der Waals surface area contributed by atoms with E-state index < -0.39 is 0 Å². The van der Waals surface area contributed by atoms with Crippen molar-refractivity contribution in [3.8, 4) is 0 Å². The molecule has 0 radical (unpaired) electrons. The Balaban J connectivity index is 2.72. The third-order valence-electron chi connectivity index (χ3n) is 2.94. The Morgan fingerprint density at radius 1 is 1.07 bits per heavy atom. The lowest BCUT2D eigenvalue weighted by atomic mass is 9.90. The van der Waals surface area contributed by atoms with E-state index in [2.05, 4.69) is 45.0 Å². The van der Waals surface area contributed by atoms with Crippen LogP contribution in [0.2, 0.25) is 0 Å². The molecule has 0 aliphatic heterocycles. The van der Waals surface area contributed by atoms with E-state index in [0.29, 0.717) is 11.8 Å². The summed E-state index contributed by atoms with van der Waals surface area (Å²) < 4.78 is 0. The summed E-state index contributed by atoms with van der Waals surface area (Å²) >= 11 is 0. The standard InChI is InChI=1S/C13H21N/c1-10(2)11(3)13-6-4-12(5-7-13)8-9-14/h4-7,10-11H,8-9,14H2,1-3H3. The molecule has 78 valence electrons. The fraction of sp³-hybridized carbons (Fsp3) is 0.538. The Hall–Kier alpha value is -0.820. The zero-order valence-corrected chi connectivity index (χ0v) is 9.46. The van der Waals surface area contributed by atoms with Crippen LogP contribution in [-0.2, 0) is 6.42 Å². The monoisotopic (exact) mass is 191 g/mol. The molecule has 1 aromatic rings. The van der Waals surface area contributed by atoms with E-state index in [1.54, 1.807) is 0 Å². The van der Waals surface area contributed by atoms with Gasteiger partial charge < -0.3 is 5.73 Å². The Morgan fingerprint density at radius 2 is 1.64 bits per heavy atom. The third kappa shape index (κ3) is 2.85. The number of benzene rings is 1. The van der Waals surface area contributed by atoms with Crippen molar-refractivity contribution in [3.05, 3.63) is 35.4 Å². The molecule has 0 saturated heterocycles. The Kier molecular flexibility index (Phi) is 4.15. The van der Waals surface area contributed by atoms with Gasteiger partial charge in [-0.3, -0.25) is 0 Å². The van der Waals surface area contributed by atoms with Gasteiger partial charge in [-0.25, -0.2) is 0 Å². The molecule has 0 amide bonds. The first kappa shape index (κ1) is 11.3. The van der Waals surface area contributed by atoms with Crippen LogP contribution in [0.15, 0.2) is 24.3 Å². The molecule has 0 aromatic heterocycles. The zero-order valence-electron chi connectivity index (χ0n) is 9.46. The van der Waals surface area contributed by atoms with Crippen LogP contribution in [-0.4, -0.2) is 6.54 Å². The van der Waals surface area contributed by atoms with Crippen molar-refractivity contribution in [1.29, 1.82) is 0 Å². The van der Waals surface area contributed by atoms with Crippen molar-refractivity contribution in [2.75, 3.05) is 6.54 Å². The van der Waals surface area contributed by atoms with Crippen molar-refractivity contribution in [1.82, 2.24) is 0 Å². The molecular formula is C13H21N. The van der Waals surface area contributed by atoms with Gasteiger partial charge in [-0.15, -0.1) is 0 Å². The molecule has 1 unspecified atom stereocenters. The van der Waals surface area contributed by atoms with Crippen molar-refractivity contribution >= 4 is 0 Å². The predicted molar refractivity (Wildman–Crippen MR) is 62.5 cm³/mol. The SMILES string of the molecule is CC(C)C(C)c1ccc(CCN)cc1. The highest BCUT2D eigenvalue weighted by Crippen LogP contribution is 2.23. The van der Waals surface area contributed by atoms with Crippen LogP contribution in [0.1, 0.15) is 37.8 Å². The van der Waals surface area contributed by atoms with Gasteiger partial charge in [-0.05, 0) is 35.9 Å². The van der Waals surface area contributed by atoms with E-state index in [0.717, 1.165) is 13.0 Å². The van der Waals surface area contributed by atoms with Crippen LogP contribution >= 0.6 is 0 Å². The molecular weight excluding hydrogens is 170 g/mol. The van der Waals surface area contributed by atoms with E-state index in [-0.39, 0.29) is 0 Å². The first-order valence-electron chi connectivity index (χ1n) is 5.44. The van der Waals surface area contributed by atoms with Gasteiger partial charge in [0.2, 0.25) is 0 Å².